The van der Waals surface area contributed by atoms with Gasteiger partial charge in [0.15, 0.2) is 0 Å². The lowest BCUT2D eigenvalue weighted by Gasteiger charge is -2.38. The van der Waals surface area contributed by atoms with Gasteiger partial charge in [-0.1, -0.05) is 35.4 Å². The van der Waals surface area contributed by atoms with Crippen LogP contribution in [0.15, 0.2) is 54.6 Å². The number of carbonyl (C=O) groups is 1. The van der Waals surface area contributed by atoms with Gasteiger partial charge in [0.05, 0.1) is 18.6 Å². The van der Waals surface area contributed by atoms with Crippen molar-refractivity contribution in [3.8, 4) is 5.88 Å². The molecule has 4 heteroatoms. The normalized spacial score (nSPS) is 14.4. The van der Waals surface area contributed by atoms with E-state index in [2.05, 4.69) is 11.1 Å². The van der Waals surface area contributed by atoms with Gasteiger partial charge in [-0.15, -0.1) is 0 Å². The molecule has 2 heterocycles. The second-order valence-electron chi connectivity index (χ2n) is 6.67. The first-order valence-corrected chi connectivity index (χ1v) is 8.48. The van der Waals surface area contributed by atoms with Crippen molar-refractivity contribution < 1.29 is 9.53 Å². The molecule has 0 aliphatic carbocycles. The predicted octanol–water partition coefficient (Wildman–Crippen LogP) is 3.76. The Kier molecular flexibility index (Phi) is 3.88. The quantitative estimate of drug-likeness (QED) is 0.733. The zero-order valence-electron chi connectivity index (χ0n) is 14.4. The van der Waals surface area contributed by atoms with Gasteiger partial charge in [0.2, 0.25) is 5.88 Å². The molecule has 1 aliphatic heterocycles. The molecule has 0 unspecified atom stereocenters. The van der Waals surface area contributed by atoms with Crippen LogP contribution in [0.5, 0.6) is 5.88 Å². The maximum absolute atomic E-state index is 12.6. The molecular weight excluding hydrogens is 312 g/mol. The second-order valence-corrected chi connectivity index (χ2v) is 6.67. The van der Waals surface area contributed by atoms with E-state index >= 15 is 0 Å². The molecule has 0 saturated carbocycles. The number of amides is 1. The summed E-state index contributed by atoms with van der Waals surface area (Å²) in [5.41, 5.74) is 3.89. The van der Waals surface area contributed by atoms with Gasteiger partial charge in [0.1, 0.15) is 6.10 Å². The Labute approximate surface area is 147 Å². The molecule has 4 rings (SSSR count). The van der Waals surface area contributed by atoms with Crippen molar-refractivity contribution in [2.45, 2.75) is 20.0 Å². The first kappa shape index (κ1) is 15.6. The number of likely N-dealkylation sites (tertiary alicyclic amines) is 1. The number of benzene rings is 2. The van der Waals surface area contributed by atoms with E-state index in [9.17, 15) is 4.79 Å². The fourth-order valence-corrected chi connectivity index (χ4v) is 3.24. The third-order valence-corrected chi connectivity index (χ3v) is 4.46. The third kappa shape index (κ3) is 3.20. The number of rotatable bonds is 3. The summed E-state index contributed by atoms with van der Waals surface area (Å²) in [5.74, 6) is 0.681. The van der Waals surface area contributed by atoms with Crippen molar-refractivity contribution in [2.24, 2.45) is 0 Å². The van der Waals surface area contributed by atoms with Crippen LogP contribution in [-0.4, -0.2) is 35.0 Å². The van der Waals surface area contributed by atoms with Crippen molar-refractivity contribution in [1.29, 1.82) is 0 Å². The van der Waals surface area contributed by atoms with Crippen molar-refractivity contribution >= 4 is 16.8 Å². The van der Waals surface area contributed by atoms with Crippen LogP contribution in [0.4, 0.5) is 0 Å². The van der Waals surface area contributed by atoms with Crippen LogP contribution in [0.3, 0.4) is 0 Å². The summed E-state index contributed by atoms with van der Waals surface area (Å²) in [7, 11) is 0. The molecular formula is C21H20N2O2. The summed E-state index contributed by atoms with van der Waals surface area (Å²) >= 11 is 0. The van der Waals surface area contributed by atoms with Gasteiger partial charge in [-0.05, 0) is 38.1 Å². The summed E-state index contributed by atoms with van der Waals surface area (Å²) in [4.78, 5) is 18.9. The summed E-state index contributed by atoms with van der Waals surface area (Å²) in [6, 6.07) is 17.8. The minimum atomic E-state index is 0.00326. The number of nitrogens with zero attached hydrogens (tertiary/aromatic N) is 2. The van der Waals surface area contributed by atoms with Gasteiger partial charge in [-0.2, -0.15) is 0 Å². The van der Waals surface area contributed by atoms with E-state index in [0.717, 1.165) is 27.6 Å². The Morgan fingerprint density at radius 1 is 1.04 bits per heavy atom. The first-order valence-electron chi connectivity index (χ1n) is 8.48. The maximum atomic E-state index is 12.6. The molecule has 25 heavy (non-hydrogen) atoms. The van der Waals surface area contributed by atoms with Gasteiger partial charge in [-0.3, -0.25) is 4.79 Å². The number of aromatic nitrogens is 1. The highest BCUT2D eigenvalue weighted by Crippen LogP contribution is 2.22. The number of hydrogen-bond acceptors (Lipinski definition) is 3. The van der Waals surface area contributed by atoms with Crippen molar-refractivity contribution in [3.05, 3.63) is 71.3 Å². The Morgan fingerprint density at radius 2 is 1.76 bits per heavy atom. The second kappa shape index (κ2) is 6.20. The van der Waals surface area contributed by atoms with Crippen LogP contribution in [0.2, 0.25) is 0 Å². The summed E-state index contributed by atoms with van der Waals surface area (Å²) in [6.07, 6.45) is 0.00326. The highest BCUT2D eigenvalue weighted by Gasteiger charge is 2.33. The van der Waals surface area contributed by atoms with Gasteiger partial charge in [0.25, 0.3) is 5.91 Å². The van der Waals surface area contributed by atoms with E-state index < -0.39 is 0 Å². The highest BCUT2D eigenvalue weighted by atomic mass is 16.5. The van der Waals surface area contributed by atoms with Crippen LogP contribution < -0.4 is 4.74 Å². The minimum Gasteiger partial charge on any atom is -0.471 e. The van der Waals surface area contributed by atoms with Crippen LogP contribution in [0.1, 0.15) is 21.5 Å². The molecule has 0 bridgehead atoms. The van der Waals surface area contributed by atoms with E-state index in [-0.39, 0.29) is 12.0 Å². The topological polar surface area (TPSA) is 42.4 Å². The molecule has 1 saturated heterocycles. The van der Waals surface area contributed by atoms with Crippen LogP contribution in [0, 0.1) is 13.8 Å². The smallest absolute Gasteiger partial charge is 0.254 e. The zero-order chi connectivity index (χ0) is 17.4. The number of para-hydroxylation sites is 1. The number of fused-ring (bicyclic) bond motifs is 1. The van der Waals surface area contributed by atoms with Gasteiger partial charge >= 0.3 is 0 Å². The van der Waals surface area contributed by atoms with E-state index in [1.807, 2.05) is 67.3 Å². The molecule has 4 nitrogen and oxygen atoms in total. The number of pyridine rings is 1. The van der Waals surface area contributed by atoms with E-state index in [4.69, 9.17) is 4.74 Å². The number of carbonyl (C=O) groups excluding carboxylic acids is 1. The molecule has 1 aromatic heterocycles. The first-order chi connectivity index (χ1) is 12.1. The molecule has 126 valence electrons. The Balaban J connectivity index is 1.40. The Morgan fingerprint density at radius 3 is 2.52 bits per heavy atom. The van der Waals surface area contributed by atoms with Crippen LogP contribution in [-0.2, 0) is 0 Å². The van der Waals surface area contributed by atoms with Crippen molar-refractivity contribution in [2.75, 3.05) is 13.1 Å². The van der Waals surface area contributed by atoms with Crippen LogP contribution >= 0.6 is 0 Å². The minimum absolute atomic E-state index is 0.00326. The summed E-state index contributed by atoms with van der Waals surface area (Å²) in [5, 5.41) is 1.09. The highest BCUT2D eigenvalue weighted by molar-refractivity contribution is 5.95. The van der Waals surface area contributed by atoms with Gasteiger partial charge < -0.3 is 9.64 Å². The molecule has 3 aromatic rings. The molecule has 0 N–H and O–H groups in total. The molecule has 0 spiro atoms. The monoisotopic (exact) mass is 332 g/mol. The molecule has 2 aromatic carbocycles. The lowest BCUT2D eigenvalue weighted by molar-refractivity contribution is 0.0161. The zero-order valence-corrected chi connectivity index (χ0v) is 14.4. The average Bonchev–Trinajstić information content (AvgIpc) is 2.56. The molecule has 0 atom stereocenters. The molecule has 1 aliphatic rings. The summed E-state index contributed by atoms with van der Waals surface area (Å²) in [6.45, 7) is 5.22. The number of ether oxygens (including phenoxy) is 1. The molecule has 1 amide bonds. The molecule has 0 radical (unpaired) electrons. The van der Waals surface area contributed by atoms with Crippen LogP contribution in [0.25, 0.3) is 10.9 Å². The van der Waals surface area contributed by atoms with E-state index in [1.54, 1.807) is 0 Å². The average molecular weight is 332 g/mol. The number of aryl methyl sites for hydroxylation is 2. The van der Waals surface area contributed by atoms with E-state index in [1.165, 1.54) is 0 Å². The SMILES string of the molecule is Cc1cc(C)cc(C(=O)N2CC(Oc3ccc4ccccc4n3)C2)c1. The van der Waals surface area contributed by atoms with E-state index in [0.29, 0.717) is 19.0 Å². The van der Waals surface area contributed by atoms with Crippen molar-refractivity contribution in [3.63, 3.8) is 0 Å². The predicted molar refractivity (Wildman–Crippen MR) is 98.0 cm³/mol. The standard InChI is InChI=1S/C21H20N2O2/c1-14-9-15(2)11-17(10-14)21(24)23-12-18(13-23)25-20-8-7-16-5-3-4-6-19(16)22-20/h3-11,18H,12-13H2,1-2H3. The van der Waals surface area contributed by atoms with Crippen molar-refractivity contribution in [1.82, 2.24) is 9.88 Å². The fourth-order valence-electron chi connectivity index (χ4n) is 3.24. The Hall–Kier alpha value is -2.88. The lowest BCUT2D eigenvalue weighted by Crippen LogP contribution is -2.56. The Bertz CT molecular complexity index is 925. The van der Waals surface area contributed by atoms with Gasteiger partial charge in [0, 0.05) is 17.0 Å². The number of hydrogen-bond donors (Lipinski definition) is 0. The fraction of sp³-hybridized carbons (Fsp3) is 0.238. The largest absolute Gasteiger partial charge is 0.471 e. The molecule has 1 fully saturated rings. The maximum Gasteiger partial charge on any atom is 0.254 e. The lowest BCUT2D eigenvalue weighted by atomic mass is 10.0. The van der Waals surface area contributed by atoms with Gasteiger partial charge in [-0.25, -0.2) is 4.98 Å². The summed E-state index contributed by atoms with van der Waals surface area (Å²) < 4.78 is 5.92. The third-order valence-electron chi connectivity index (χ3n) is 4.46.